The fraction of sp³-hybridized carbons (Fsp3) is 0.200. The molecule has 1 aliphatic carbocycles. The zero-order valence-electron chi connectivity index (χ0n) is 10.2. The number of benzene rings is 2. The minimum absolute atomic E-state index is 1.00. The van der Waals surface area contributed by atoms with Crippen molar-refractivity contribution < 1.29 is 5.21 Å². The first kappa shape index (κ1) is 11.8. The van der Waals surface area contributed by atoms with E-state index >= 15 is 0 Å². The van der Waals surface area contributed by atoms with E-state index in [9.17, 15) is 0 Å². The molecule has 0 radical (unpaired) electrons. The van der Waals surface area contributed by atoms with E-state index in [1.165, 1.54) is 22.3 Å². The fourth-order valence-electron chi connectivity index (χ4n) is 2.08. The molecular weight excluding hydrogens is 210 g/mol. The lowest BCUT2D eigenvalue weighted by molar-refractivity contribution is -0.0372. The predicted molar refractivity (Wildman–Crippen MR) is 70.2 cm³/mol. The quantitative estimate of drug-likeness (QED) is 0.596. The minimum atomic E-state index is 1.00. The van der Waals surface area contributed by atoms with Crippen LogP contribution in [0, 0.1) is 0 Å². The molecule has 2 aromatic rings. The van der Waals surface area contributed by atoms with Gasteiger partial charge in [-0.3, -0.25) is 0 Å². The zero-order chi connectivity index (χ0) is 12.3. The molecule has 0 heterocycles. The second-order valence-electron chi connectivity index (χ2n) is 4.34. The van der Waals surface area contributed by atoms with E-state index in [2.05, 4.69) is 48.5 Å². The van der Waals surface area contributed by atoms with E-state index in [4.69, 9.17) is 5.21 Å². The lowest BCUT2D eigenvalue weighted by Gasteiger charge is -1.98. The number of hydrogen-bond acceptors (Lipinski definition) is 2. The van der Waals surface area contributed by atoms with Gasteiger partial charge in [0.2, 0.25) is 0 Å². The molecule has 1 aliphatic rings. The Bertz CT molecular complexity index is 460. The monoisotopic (exact) mass is 227 g/mol. The standard InChI is InChI=1S/C13H10.C2H7NO/c1-3-7-12-10(5-1)9-11-6-2-4-8-13(11)12;1-3(2)4/h1-8H,9H2;4H,1-2H3. The molecule has 88 valence electrons. The van der Waals surface area contributed by atoms with Gasteiger partial charge in [-0.25, -0.2) is 0 Å². The van der Waals surface area contributed by atoms with Gasteiger partial charge in [0.1, 0.15) is 0 Å². The third kappa shape index (κ3) is 2.73. The molecule has 0 aliphatic heterocycles. The van der Waals surface area contributed by atoms with Crippen LogP contribution in [0.15, 0.2) is 48.5 Å². The molecule has 0 spiro atoms. The maximum Gasteiger partial charge on any atom is 0.0121 e. The second kappa shape index (κ2) is 5.13. The summed E-state index contributed by atoms with van der Waals surface area (Å²) in [5, 5.41) is 8.89. The van der Waals surface area contributed by atoms with Gasteiger partial charge in [0, 0.05) is 14.1 Å². The van der Waals surface area contributed by atoms with Crippen LogP contribution in [0.4, 0.5) is 0 Å². The van der Waals surface area contributed by atoms with Gasteiger partial charge >= 0.3 is 0 Å². The SMILES string of the molecule is CN(C)O.c1ccc2c(c1)Cc1ccccc1-2. The Balaban J connectivity index is 0.000000239. The smallest absolute Gasteiger partial charge is 0.0121 e. The molecule has 0 aromatic heterocycles. The number of hydroxylamine groups is 2. The van der Waals surface area contributed by atoms with Gasteiger partial charge in [0.05, 0.1) is 0 Å². The molecular formula is C15H17NO. The van der Waals surface area contributed by atoms with E-state index in [-0.39, 0.29) is 0 Å². The highest BCUT2D eigenvalue weighted by atomic mass is 16.5. The Morgan fingerprint density at radius 1 is 0.824 bits per heavy atom. The molecule has 0 unspecified atom stereocenters. The van der Waals surface area contributed by atoms with Crippen LogP contribution >= 0.6 is 0 Å². The predicted octanol–water partition coefficient (Wildman–Crippen LogP) is 3.20. The van der Waals surface area contributed by atoms with Crippen molar-refractivity contribution in [2.24, 2.45) is 0 Å². The molecule has 2 nitrogen and oxygen atoms in total. The zero-order valence-corrected chi connectivity index (χ0v) is 10.2. The van der Waals surface area contributed by atoms with Crippen LogP contribution < -0.4 is 0 Å². The summed E-state index contributed by atoms with van der Waals surface area (Å²) in [5.74, 6) is 0. The molecule has 0 amide bonds. The van der Waals surface area contributed by atoms with Crippen molar-refractivity contribution in [3.05, 3.63) is 59.7 Å². The van der Waals surface area contributed by atoms with Crippen LogP contribution in [0.1, 0.15) is 11.1 Å². The van der Waals surface area contributed by atoms with E-state index in [0.29, 0.717) is 0 Å². The average Bonchev–Trinajstić information content (AvgIpc) is 2.66. The summed E-state index contributed by atoms with van der Waals surface area (Å²) in [6.07, 6.45) is 1.10. The van der Waals surface area contributed by atoms with Crippen molar-refractivity contribution in [2.45, 2.75) is 6.42 Å². The van der Waals surface area contributed by atoms with Crippen molar-refractivity contribution in [1.82, 2.24) is 5.06 Å². The van der Waals surface area contributed by atoms with Gasteiger partial charge in [0.25, 0.3) is 0 Å². The Morgan fingerprint density at radius 3 is 1.59 bits per heavy atom. The third-order valence-electron chi connectivity index (χ3n) is 2.71. The maximum atomic E-state index is 7.89. The highest BCUT2D eigenvalue weighted by Crippen LogP contribution is 2.35. The van der Waals surface area contributed by atoms with Gasteiger partial charge < -0.3 is 5.21 Å². The number of fused-ring (bicyclic) bond motifs is 3. The number of rotatable bonds is 0. The summed E-state index contributed by atoms with van der Waals surface area (Å²) in [4.78, 5) is 0. The third-order valence-corrected chi connectivity index (χ3v) is 2.71. The average molecular weight is 227 g/mol. The van der Waals surface area contributed by atoms with E-state index in [1.807, 2.05) is 0 Å². The minimum Gasteiger partial charge on any atom is -0.315 e. The summed E-state index contributed by atoms with van der Waals surface area (Å²) in [6.45, 7) is 0. The van der Waals surface area contributed by atoms with Gasteiger partial charge in [-0.1, -0.05) is 48.5 Å². The first-order valence-corrected chi connectivity index (χ1v) is 5.71. The second-order valence-corrected chi connectivity index (χ2v) is 4.34. The van der Waals surface area contributed by atoms with E-state index in [1.54, 1.807) is 14.1 Å². The Hall–Kier alpha value is -1.64. The fourth-order valence-corrected chi connectivity index (χ4v) is 2.08. The topological polar surface area (TPSA) is 23.5 Å². The summed E-state index contributed by atoms with van der Waals surface area (Å²) < 4.78 is 0. The van der Waals surface area contributed by atoms with Crippen molar-refractivity contribution in [1.29, 1.82) is 0 Å². The van der Waals surface area contributed by atoms with Crippen LogP contribution in [0.2, 0.25) is 0 Å². The van der Waals surface area contributed by atoms with Crippen LogP contribution in [0.25, 0.3) is 11.1 Å². The molecule has 2 aromatic carbocycles. The largest absolute Gasteiger partial charge is 0.315 e. The van der Waals surface area contributed by atoms with Crippen molar-refractivity contribution in [3.8, 4) is 11.1 Å². The van der Waals surface area contributed by atoms with Crippen LogP contribution in [0.5, 0.6) is 0 Å². The normalized spacial score (nSPS) is 11.5. The Morgan fingerprint density at radius 2 is 1.18 bits per heavy atom. The molecule has 0 fully saturated rings. The highest BCUT2D eigenvalue weighted by Gasteiger charge is 2.15. The highest BCUT2D eigenvalue weighted by molar-refractivity contribution is 5.76. The molecule has 0 bridgehead atoms. The van der Waals surface area contributed by atoms with Gasteiger partial charge in [0.15, 0.2) is 0 Å². The van der Waals surface area contributed by atoms with Crippen molar-refractivity contribution in [2.75, 3.05) is 14.1 Å². The summed E-state index contributed by atoms with van der Waals surface area (Å²) in [6, 6.07) is 17.3. The van der Waals surface area contributed by atoms with E-state index < -0.39 is 0 Å². The number of nitrogens with zero attached hydrogens (tertiary/aromatic N) is 1. The van der Waals surface area contributed by atoms with Gasteiger partial charge in [-0.05, 0) is 28.7 Å². The van der Waals surface area contributed by atoms with Crippen molar-refractivity contribution in [3.63, 3.8) is 0 Å². The Labute approximate surface area is 102 Å². The molecule has 3 rings (SSSR count). The van der Waals surface area contributed by atoms with Crippen molar-refractivity contribution >= 4 is 0 Å². The Kier molecular flexibility index (Phi) is 3.57. The van der Waals surface area contributed by atoms with Crippen LogP contribution in [-0.2, 0) is 6.42 Å². The van der Waals surface area contributed by atoms with Gasteiger partial charge in [-0.2, -0.15) is 5.06 Å². The van der Waals surface area contributed by atoms with E-state index in [0.717, 1.165) is 11.5 Å². The lowest BCUT2D eigenvalue weighted by atomic mass is 10.1. The first-order chi connectivity index (χ1) is 8.18. The van der Waals surface area contributed by atoms with Gasteiger partial charge in [-0.15, -0.1) is 0 Å². The van der Waals surface area contributed by atoms with Crippen LogP contribution in [0.3, 0.4) is 0 Å². The molecule has 0 saturated heterocycles. The molecule has 0 atom stereocenters. The molecule has 2 heteroatoms. The lowest BCUT2D eigenvalue weighted by Crippen LogP contribution is -2.01. The summed E-state index contributed by atoms with van der Waals surface area (Å²) in [5.41, 5.74) is 5.75. The maximum absolute atomic E-state index is 7.89. The summed E-state index contributed by atoms with van der Waals surface area (Å²) in [7, 11) is 3.11. The first-order valence-electron chi connectivity index (χ1n) is 5.71. The van der Waals surface area contributed by atoms with Crippen LogP contribution in [-0.4, -0.2) is 24.4 Å². The summed E-state index contributed by atoms with van der Waals surface area (Å²) >= 11 is 0. The molecule has 1 N–H and O–H groups in total. The molecule has 17 heavy (non-hydrogen) atoms. The molecule has 0 saturated carbocycles. The number of hydrogen-bond donors (Lipinski definition) is 1.